The molecule has 0 saturated heterocycles. The highest BCUT2D eigenvalue weighted by molar-refractivity contribution is 7.18. The Kier molecular flexibility index (Phi) is 3.61. The molecule has 0 bridgehead atoms. The van der Waals surface area contributed by atoms with Crippen LogP contribution in [0.15, 0.2) is 35.0 Å². The molecule has 17 heavy (non-hydrogen) atoms. The van der Waals surface area contributed by atoms with Crippen molar-refractivity contribution >= 4 is 34.5 Å². The number of nitrogens with zero attached hydrogens (tertiary/aromatic N) is 1. The highest BCUT2D eigenvalue weighted by atomic mass is 35.5. The first kappa shape index (κ1) is 11.9. The van der Waals surface area contributed by atoms with Crippen LogP contribution in [0.4, 0.5) is 5.82 Å². The van der Waals surface area contributed by atoms with Crippen LogP contribution in [0.3, 0.4) is 0 Å². The molecule has 0 aliphatic heterocycles. The van der Waals surface area contributed by atoms with Crippen LogP contribution >= 0.6 is 22.9 Å². The largest absolute Gasteiger partial charge is 0.360 e. The van der Waals surface area contributed by atoms with Crippen LogP contribution in [0.5, 0.6) is 0 Å². The monoisotopic (exact) mass is 268 g/mol. The molecule has 0 spiro atoms. The van der Waals surface area contributed by atoms with E-state index in [2.05, 4.69) is 10.5 Å². The van der Waals surface area contributed by atoms with E-state index in [1.807, 2.05) is 0 Å². The van der Waals surface area contributed by atoms with Crippen LogP contribution in [0, 0.1) is 6.92 Å². The Morgan fingerprint density at radius 2 is 2.41 bits per heavy atom. The fourth-order valence-electron chi connectivity index (χ4n) is 1.17. The van der Waals surface area contributed by atoms with Gasteiger partial charge in [-0.05, 0) is 19.1 Å². The summed E-state index contributed by atoms with van der Waals surface area (Å²) in [4.78, 5) is 12.2. The number of allylic oxidation sites excluding steroid dienone is 1. The van der Waals surface area contributed by atoms with Gasteiger partial charge < -0.3 is 9.84 Å². The third-order valence-corrected chi connectivity index (χ3v) is 3.16. The first-order valence-corrected chi connectivity index (χ1v) is 6.00. The van der Waals surface area contributed by atoms with E-state index in [9.17, 15) is 4.79 Å². The van der Waals surface area contributed by atoms with Crippen molar-refractivity contribution in [1.29, 1.82) is 0 Å². The van der Waals surface area contributed by atoms with Gasteiger partial charge in [0.15, 0.2) is 11.6 Å². The van der Waals surface area contributed by atoms with Crippen LogP contribution in [-0.4, -0.2) is 10.9 Å². The van der Waals surface area contributed by atoms with Crippen LogP contribution in [-0.2, 0) is 0 Å². The van der Waals surface area contributed by atoms with Gasteiger partial charge in [0.1, 0.15) is 5.76 Å². The van der Waals surface area contributed by atoms with Gasteiger partial charge in [-0.15, -0.1) is 11.3 Å². The summed E-state index contributed by atoms with van der Waals surface area (Å²) in [6.07, 6.45) is 2.94. The van der Waals surface area contributed by atoms with Crippen LogP contribution in [0.25, 0.3) is 0 Å². The summed E-state index contributed by atoms with van der Waals surface area (Å²) in [7, 11) is 0. The first-order chi connectivity index (χ1) is 8.15. The number of carbonyl (C=O) groups excluding carboxylic acids is 1. The maximum absolute atomic E-state index is 11.6. The molecule has 0 aromatic carbocycles. The summed E-state index contributed by atoms with van der Waals surface area (Å²) in [5.41, 5.74) is 0. The third kappa shape index (κ3) is 3.18. The summed E-state index contributed by atoms with van der Waals surface area (Å²) >= 11 is 6.99. The molecule has 2 heterocycles. The minimum Gasteiger partial charge on any atom is -0.360 e. The van der Waals surface area contributed by atoms with Crippen molar-refractivity contribution in [2.75, 3.05) is 5.32 Å². The molecular weight excluding hydrogens is 260 g/mol. The maximum atomic E-state index is 11.6. The normalized spacial score (nSPS) is 10.9. The van der Waals surface area contributed by atoms with E-state index in [1.54, 1.807) is 25.1 Å². The SMILES string of the molecule is Cc1cc(NC=CC(=O)c2ccc(Cl)s2)no1. The summed E-state index contributed by atoms with van der Waals surface area (Å²) in [5, 5.41) is 6.56. The second-order valence-corrected chi connectivity index (χ2v) is 4.98. The number of thiophene rings is 1. The molecule has 0 aliphatic carbocycles. The quantitative estimate of drug-likeness (QED) is 0.681. The highest BCUT2D eigenvalue weighted by Gasteiger charge is 2.04. The standard InChI is InChI=1S/C11H9ClN2O2S/c1-7-6-11(14-16-7)13-5-4-8(15)9-2-3-10(12)17-9/h2-6H,1H3,(H,13,14). The van der Waals surface area contributed by atoms with E-state index < -0.39 is 0 Å². The average Bonchev–Trinajstić information content (AvgIpc) is 2.88. The Hall–Kier alpha value is -1.59. The molecule has 2 aromatic heterocycles. The van der Waals surface area contributed by atoms with Gasteiger partial charge in [-0.3, -0.25) is 4.79 Å². The Morgan fingerprint density at radius 1 is 1.59 bits per heavy atom. The first-order valence-electron chi connectivity index (χ1n) is 4.81. The van der Waals surface area contributed by atoms with Gasteiger partial charge in [-0.1, -0.05) is 16.8 Å². The predicted molar refractivity (Wildman–Crippen MR) is 67.7 cm³/mol. The zero-order valence-corrected chi connectivity index (χ0v) is 10.5. The number of rotatable bonds is 4. The number of halogens is 1. The molecule has 1 N–H and O–H groups in total. The van der Waals surface area contributed by atoms with Gasteiger partial charge in [0.2, 0.25) is 0 Å². The number of carbonyl (C=O) groups is 1. The van der Waals surface area contributed by atoms with Gasteiger partial charge in [-0.25, -0.2) is 0 Å². The molecule has 88 valence electrons. The van der Waals surface area contributed by atoms with Crippen molar-refractivity contribution < 1.29 is 9.32 Å². The predicted octanol–water partition coefficient (Wildman–Crippen LogP) is 3.51. The fraction of sp³-hybridized carbons (Fsp3) is 0.0909. The lowest BCUT2D eigenvalue weighted by atomic mass is 10.3. The summed E-state index contributed by atoms with van der Waals surface area (Å²) in [6.45, 7) is 1.79. The number of aryl methyl sites for hydroxylation is 1. The number of hydrogen-bond acceptors (Lipinski definition) is 5. The number of hydrogen-bond donors (Lipinski definition) is 1. The average molecular weight is 269 g/mol. The maximum Gasteiger partial charge on any atom is 0.197 e. The van der Waals surface area contributed by atoms with Crippen molar-refractivity contribution in [3.05, 3.63) is 45.4 Å². The van der Waals surface area contributed by atoms with E-state index in [0.717, 1.165) is 0 Å². The van der Waals surface area contributed by atoms with E-state index in [1.165, 1.54) is 23.6 Å². The molecule has 2 rings (SSSR count). The minimum atomic E-state index is -0.102. The van der Waals surface area contributed by atoms with Crippen molar-refractivity contribution in [1.82, 2.24) is 5.16 Å². The van der Waals surface area contributed by atoms with Gasteiger partial charge in [-0.2, -0.15) is 0 Å². The number of ketones is 1. The molecule has 0 unspecified atom stereocenters. The molecule has 0 saturated carbocycles. The Bertz CT molecular complexity index is 559. The number of aromatic nitrogens is 1. The van der Waals surface area contributed by atoms with E-state index >= 15 is 0 Å². The molecular formula is C11H9ClN2O2S. The molecule has 0 aliphatic rings. The van der Waals surface area contributed by atoms with E-state index in [-0.39, 0.29) is 5.78 Å². The summed E-state index contributed by atoms with van der Waals surface area (Å²) in [6, 6.07) is 5.12. The second kappa shape index (κ2) is 5.16. The fourth-order valence-corrected chi connectivity index (χ4v) is 2.13. The van der Waals surface area contributed by atoms with Crippen LogP contribution < -0.4 is 5.32 Å². The lowest BCUT2D eigenvalue weighted by molar-refractivity contribution is 0.105. The zero-order valence-electron chi connectivity index (χ0n) is 8.94. The third-order valence-electron chi connectivity index (χ3n) is 1.91. The molecule has 2 aromatic rings. The van der Waals surface area contributed by atoms with Crippen molar-refractivity contribution in [3.63, 3.8) is 0 Å². The van der Waals surface area contributed by atoms with Crippen molar-refractivity contribution in [2.24, 2.45) is 0 Å². The topological polar surface area (TPSA) is 55.1 Å². The minimum absolute atomic E-state index is 0.102. The lowest BCUT2D eigenvalue weighted by Crippen LogP contribution is -1.93. The van der Waals surface area contributed by atoms with Gasteiger partial charge in [0.05, 0.1) is 9.21 Å². The molecule has 0 radical (unpaired) electrons. The van der Waals surface area contributed by atoms with Crippen molar-refractivity contribution in [2.45, 2.75) is 6.92 Å². The lowest BCUT2D eigenvalue weighted by Gasteiger charge is -1.91. The molecule has 4 nitrogen and oxygen atoms in total. The van der Waals surface area contributed by atoms with E-state index in [0.29, 0.717) is 20.8 Å². The molecule has 0 fully saturated rings. The molecule has 0 amide bonds. The number of nitrogens with one attached hydrogen (secondary N) is 1. The van der Waals surface area contributed by atoms with Crippen LogP contribution in [0.2, 0.25) is 4.34 Å². The Balaban J connectivity index is 1.95. The van der Waals surface area contributed by atoms with Crippen LogP contribution in [0.1, 0.15) is 15.4 Å². The Morgan fingerprint density at radius 3 is 3.00 bits per heavy atom. The second-order valence-electron chi connectivity index (χ2n) is 3.27. The van der Waals surface area contributed by atoms with E-state index in [4.69, 9.17) is 16.1 Å². The Labute approximate surface area is 107 Å². The van der Waals surface area contributed by atoms with Gasteiger partial charge in [0.25, 0.3) is 0 Å². The zero-order chi connectivity index (χ0) is 12.3. The van der Waals surface area contributed by atoms with Crippen molar-refractivity contribution in [3.8, 4) is 0 Å². The highest BCUT2D eigenvalue weighted by Crippen LogP contribution is 2.21. The van der Waals surface area contributed by atoms with Gasteiger partial charge in [0, 0.05) is 18.3 Å². The number of anilines is 1. The van der Waals surface area contributed by atoms with Gasteiger partial charge >= 0.3 is 0 Å². The molecule has 6 heteroatoms. The summed E-state index contributed by atoms with van der Waals surface area (Å²) in [5.74, 6) is 1.17. The summed E-state index contributed by atoms with van der Waals surface area (Å²) < 4.78 is 5.46. The molecule has 0 atom stereocenters. The smallest absolute Gasteiger partial charge is 0.197 e.